The molecule has 156 valence electrons. The molecule has 1 aliphatic heterocycles. The number of amides is 1. The highest BCUT2D eigenvalue weighted by molar-refractivity contribution is 7.91. The van der Waals surface area contributed by atoms with Crippen molar-refractivity contribution in [3.8, 4) is 11.8 Å². The number of nitriles is 1. The van der Waals surface area contributed by atoms with Gasteiger partial charge >= 0.3 is 0 Å². The molecule has 1 saturated heterocycles. The first kappa shape index (κ1) is 24.4. The number of benzene rings is 1. The Kier molecular flexibility index (Phi) is 8.02. The number of carbonyl (C=O) groups excluding carboxylic acids is 1. The predicted octanol–water partition coefficient (Wildman–Crippen LogP) is 0.578. The van der Waals surface area contributed by atoms with Gasteiger partial charge in [0.2, 0.25) is 5.91 Å². The van der Waals surface area contributed by atoms with Crippen LogP contribution in [0.2, 0.25) is 0 Å². The zero-order chi connectivity index (χ0) is 20.4. The summed E-state index contributed by atoms with van der Waals surface area (Å²) < 4.78 is 40.4. The summed E-state index contributed by atoms with van der Waals surface area (Å²) >= 11 is 0. The number of nitrogens with zero attached hydrogens (tertiary/aromatic N) is 2. The van der Waals surface area contributed by atoms with Crippen LogP contribution in [-0.2, 0) is 31.2 Å². The summed E-state index contributed by atoms with van der Waals surface area (Å²) in [5.74, 6) is -0.780. The third-order valence-electron chi connectivity index (χ3n) is 4.61. The van der Waals surface area contributed by atoms with Crippen LogP contribution in [0.1, 0.15) is 19.4 Å². The lowest BCUT2D eigenvalue weighted by atomic mass is 10.0. The number of sulfone groups is 1. The van der Waals surface area contributed by atoms with Gasteiger partial charge in [0.1, 0.15) is 23.7 Å². The van der Waals surface area contributed by atoms with Crippen molar-refractivity contribution in [2.75, 3.05) is 18.7 Å². The van der Waals surface area contributed by atoms with E-state index in [1.807, 2.05) is 6.07 Å². The minimum atomic E-state index is -3.52. The van der Waals surface area contributed by atoms with Crippen molar-refractivity contribution >= 4 is 39.0 Å². The van der Waals surface area contributed by atoms with Crippen LogP contribution in [-0.4, -0.2) is 59.0 Å². The molecule has 1 unspecified atom stereocenters. The quantitative estimate of drug-likeness (QED) is 0.671. The Morgan fingerprint density at radius 2 is 2.00 bits per heavy atom. The minimum absolute atomic E-state index is 0. The molecule has 3 atom stereocenters. The van der Waals surface area contributed by atoms with Crippen molar-refractivity contribution in [1.82, 2.24) is 4.90 Å². The average Bonchev–Trinajstić information content (AvgIpc) is 2.95. The van der Waals surface area contributed by atoms with Crippen LogP contribution in [0.3, 0.4) is 0 Å². The molecule has 8 nitrogen and oxygen atoms in total. The molecule has 1 amide bonds. The molecule has 1 aromatic rings. The van der Waals surface area contributed by atoms with Crippen molar-refractivity contribution in [3.05, 3.63) is 29.8 Å². The summed E-state index contributed by atoms with van der Waals surface area (Å²) in [7, 11) is -3.49. The molecule has 1 aromatic carbocycles. The maximum atomic E-state index is 12.9. The second-order valence-electron chi connectivity index (χ2n) is 6.91. The molecule has 1 aliphatic rings. The molecule has 1 heterocycles. The number of hydrogen-bond donors (Lipinski definition) is 1. The first-order valence-corrected chi connectivity index (χ1v) is 11.3. The molecule has 0 saturated carbocycles. The summed E-state index contributed by atoms with van der Waals surface area (Å²) in [6, 6.07) is 6.59. The number of rotatable bonds is 6. The average molecular weight is 450 g/mol. The first-order chi connectivity index (χ1) is 12.5. The second-order valence-corrected chi connectivity index (χ2v) is 11.0. The number of halogens is 1. The Balaban J connectivity index is 0.00000392. The van der Waals surface area contributed by atoms with Gasteiger partial charge in [-0.2, -0.15) is 5.26 Å². The smallest absolute Gasteiger partial charge is 0.242 e. The molecule has 11 heteroatoms. The number of methoxy groups -OCH3 is 1. The van der Waals surface area contributed by atoms with Crippen molar-refractivity contribution < 1.29 is 22.2 Å². The van der Waals surface area contributed by atoms with Gasteiger partial charge in [-0.3, -0.25) is 9.00 Å². The first-order valence-electron chi connectivity index (χ1n) is 8.19. The van der Waals surface area contributed by atoms with Crippen LogP contribution in [0, 0.1) is 11.3 Å². The monoisotopic (exact) mass is 449 g/mol. The molecule has 0 aromatic heterocycles. The highest BCUT2D eigenvalue weighted by atomic mass is 35.5. The highest BCUT2D eigenvalue weighted by Crippen LogP contribution is 2.25. The van der Waals surface area contributed by atoms with Gasteiger partial charge in [0.25, 0.3) is 0 Å². The van der Waals surface area contributed by atoms with Gasteiger partial charge < -0.3 is 15.4 Å². The van der Waals surface area contributed by atoms with E-state index in [0.29, 0.717) is 5.75 Å². The van der Waals surface area contributed by atoms with Crippen LogP contribution in [0.15, 0.2) is 24.3 Å². The summed E-state index contributed by atoms with van der Waals surface area (Å²) in [6.45, 7) is 3.20. The molecule has 0 spiro atoms. The molecule has 1 fully saturated rings. The Morgan fingerprint density at radius 3 is 2.50 bits per heavy atom. The van der Waals surface area contributed by atoms with Crippen molar-refractivity contribution in [2.24, 2.45) is 5.73 Å². The lowest BCUT2D eigenvalue weighted by Crippen LogP contribution is -2.57. The van der Waals surface area contributed by atoms with Crippen LogP contribution in [0.25, 0.3) is 0 Å². The molecule has 0 radical (unpaired) electrons. The third kappa shape index (κ3) is 5.23. The Hall–Kier alpha value is -1.67. The van der Waals surface area contributed by atoms with E-state index in [-0.39, 0.29) is 18.2 Å². The van der Waals surface area contributed by atoms with Crippen molar-refractivity contribution in [2.45, 2.75) is 36.4 Å². The molecule has 28 heavy (non-hydrogen) atoms. The van der Waals surface area contributed by atoms with Crippen LogP contribution >= 0.6 is 12.4 Å². The van der Waals surface area contributed by atoms with E-state index in [1.54, 1.807) is 45.2 Å². The van der Waals surface area contributed by atoms with Crippen molar-refractivity contribution in [3.63, 3.8) is 0 Å². The lowest BCUT2D eigenvalue weighted by molar-refractivity contribution is -0.132. The molecule has 2 rings (SSSR count). The topological polar surface area (TPSA) is 131 Å². The van der Waals surface area contributed by atoms with E-state index in [0.717, 1.165) is 10.5 Å². The van der Waals surface area contributed by atoms with E-state index in [2.05, 4.69) is 0 Å². The fourth-order valence-corrected chi connectivity index (χ4v) is 5.51. The van der Waals surface area contributed by atoms with Crippen molar-refractivity contribution in [1.29, 1.82) is 5.26 Å². The summed E-state index contributed by atoms with van der Waals surface area (Å²) in [6.07, 6.45) is 0. The van der Waals surface area contributed by atoms with Gasteiger partial charge in [0.15, 0.2) is 9.84 Å². The van der Waals surface area contributed by atoms with Crippen LogP contribution < -0.4 is 10.5 Å². The zero-order valence-electron chi connectivity index (χ0n) is 15.8. The standard InChI is InChI=1S/C17H23N3O5S2.ClH/c1-17(2,26(22)9-12-4-6-14(25-3)7-5-12)15(19)16(21)20-11-27(23,24)10-13(20)8-18;/h4-7,13,15H,9-11,19H2,1-3H3;1H/t13-,15-,26?;/m1./s1. The van der Waals surface area contributed by atoms with E-state index in [9.17, 15) is 17.4 Å². The predicted molar refractivity (Wildman–Crippen MR) is 109 cm³/mol. The molecular weight excluding hydrogens is 426 g/mol. The zero-order valence-corrected chi connectivity index (χ0v) is 18.3. The molecule has 0 aliphatic carbocycles. The van der Waals surface area contributed by atoms with Crippen LogP contribution in [0.4, 0.5) is 0 Å². The molecule has 2 N–H and O–H groups in total. The van der Waals surface area contributed by atoms with Gasteiger partial charge in [-0.15, -0.1) is 12.4 Å². The third-order valence-corrected chi connectivity index (χ3v) is 8.13. The second kappa shape index (κ2) is 9.22. The number of ether oxygens (including phenoxy) is 1. The van der Waals surface area contributed by atoms with Gasteiger partial charge in [0, 0.05) is 16.6 Å². The maximum absolute atomic E-state index is 12.9. The fourth-order valence-electron chi connectivity index (χ4n) is 2.69. The number of nitrogens with two attached hydrogens (primary N) is 1. The Labute approximate surface area is 173 Å². The van der Waals surface area contributed by atoms with E-state index in [1.165, 1.54) is 0 Å². The lowest BCUT2D eigenvalue weighted by Gasteiger charge is -2.33. The summed E-state index contributed by atoms with van der Waals surface area (Å²) in [4.78, 5) is 13.7. The normalized spacial score (nSPS) is 20.5. The molecular formula is C17H24ClN3O5S2. The van der Waals surface area contributed by atoms with Gasteiger partial charge in [-0.05, 0) is 31.5 Å². The minimum Gasteiger partial charge on any atom is -0.497 e. The van der Waals surface area contributed by atoms with Crippen LogP contribution in [0.5, 0.6) is 5.75 Å². The Bertz CT molecular complexity index is 881. The maximum Gasteiger partial charge on any atom is 0.242 e. The fraction of sp³-hybridized carbons (Fsp3) is 0.529. The largest absolute Gasteiger partial charge is 0.497 e. The highest BCUT2D eigenvalue weighted by Gasteiger charge is 2.45. The SMILES string of the molecule is COc1ccc(CS(=O)C(C)(C)[C@H](N)C(=O)N2CS(=O)(=O)C[C@H]2C#N)cc1.Cl. The van der Waals surface area contributed by atoms with Gasteiger partial charge in [-0.25, -0.2) is 8.42 Å². The molecule has 0 bridgehead atoms. The van der Waals surface area contributed by atoms with E-state index >= 15 is 0 Å². The number of carbonyl (C=O) groups is 1. The van der Waals surface area contributed by atoms with Gasteiger partial charge in [-0.1, -0.05) is 12.1 Å². The summed E-state index contributed by atoms with van der Waals surface area (Å²) in [5, 5.41) is 9.13. The Morgan fingerprint density at radius 1 is 1.43 bits per heavy atom. The van der Waals surface area contributed by atoms with E-state index < -0.39 is 55.0 Å². The van der Waals surface area contributed by atoms with E-state index in [4.69, 9.17) is 15.7 Å². The number of hydrogen-bond acceptors (Lipinski definition) is 7. The van der Waals surface area contributed by atoms with Gasteiger partial charge in [0.05, 0.1) is 23.7 Å². The summed E-state index contributed by atoms with van der Waals surface area (Å²) in [5.41, 5.74) is 6.86.